The van der Waals surface area contributed by atoms with Crippen molar-refractivity contribution in [2.24, 2.45) is 10.7 Å². The summed E-state index contributed by atoms with van der Waals surface area (Å²) in [5.74, 6) is 0.696. The van der Waals surface area contributed by atoms with Crippen LogP contribution >= 0.6 is 0 Å². The molecular formula is C6H9N2Re-. The van der Waals surface area contributed by atoms with Crippen LogP contribution in [0.5, 0.6) is 0 Å². The van der Waals surface area contributed by atoms with Crippen LogP contribution in [0.2, 0.25) is 0 Å². The Morgan fingerprint density at radius 2 is 2.44 bits per heavy atom. The maximum atomic E-state index is 5.37. The summed E-state index contributed by atoms with van der Waals surface area (Å²) >= 11 is 0. The molecule has 2 N–H and O–H groups in total. The van der Waals surface area contributed by atoms with E-state index in [2.05, 4.69) is 11.1 Å². The van der Waals surface area contributed by atoms with Crippen LogP contribution in [-0.2, 0) is 20.4 Å². The smallest absolute Gasteiger partial charge is 0.0665 e. The van der Waals surface area contributed by atoms with Crippen LogP contribution in [0.1, 0.15) is 19.8 Å². The van der Waals surface area contributed by atoms with Crippen molar-refractivity contribution in [3.05, 3.63) is 11.8 Å². The van der Waals surface area contributed by atoms with Gasteiger partial charge in [0, 0.05) is 20.4 Å². The van der Waals surface area contributed by atoms with Crippen LogP contribution in [0.15, 0.2) is 10.7 Å². The van der Waals surface area contributed by atoms with Crippen molar-refractivity contribution >= 4 is 5.84 Å². The van der Waals surface area contributed by atoms with E-state index in [1.165, 1.54) is 0 Å². The first-order valence-electron chi connectivity index (χ1n) is 2.75. The van der Waals surface area contributed by atoms with E-state index >= 15 is 0 Å². The Hall–Kier alpha value is -0.128. The predicted octanol–water partition coefficient (Wildman–Crippen LogP) is 0.842. The molecule has 0 aromatic carbocycles. The Bertz CT molecular complexity index is 149. The third kappa shape index (κ3) is 2.30. The normalized spacial score (nSPS) is 16.1. The fourth-order valence-corrected chi connectivity index (χ4v) is 0.649. The number of rotatable bonds is 1. The zero-order valence-electron chi connectivity index (χ0n) is 5.32. The van der Waals surface area contributed by atoms with Gasteiger partial charge in [0.2, 0.25) is 0 Å². The molecule has 2 nitrogen and oxygen atoms in total. The molecule has 0 aromatic heterocycles. The van der Waals surface area contributed by atoms with E-state index in [9.17, 15) is 0 Å². The summed E-state index contributed by atoms with van der Waals surface area (Å²) in [6, 6.07) is 0. The Balaban J connectivity index is 0.000000640. The second-order valence-corrected chi connectivity index (χ2v) is 1.76. The number of amidine groups is 1. The number of allylic oxidation sites excluding steroid dienone is 1. The largest absolute Gasteiger partial charge is 0.466 e. The first-order valence-corrected chi connectivity index (χ1v) is 2.75. The number of nitrogens with two attached hydrogens (primary N) is 1. The molecule has 0 bridgehead atoms. The van der Waals surface area contributed by atoms with E-state index in [1.807, 2.05) is 6.92 Å². The van der Waals surface area contributed by atoms with Gasteiger partial charge in [0.15, 0.2) is 0 Å². The number of aliphatic imine (C=N–C) groups is 1. The first-order chi connectivity index (χ1) is 3.83. The standard InChI is InChI=1S/C6H9N2.Re/c1-2-5-3-4-6(7)8-5;/h2,4H2,1H3,(H2,7,8);/q-1;. The molecule has 1 aliphatic heterocycles. The topological polar surface area (TPSA) is 38.4 Å². The van der Waals surface area contributed by atoms with Gasteiger partial charge in [-0.15, -0.1) is 12.1 Å². The van der Waals surface area contributed by atoms with E-state index in [0.717, 1.165) is 18.5 Å². The van der Waals surface area contributed by atoms with Gasteiger partial charge in [-0.1, -0.05) is 6.92 Å². The van der Waals surface area contributed by atoms with E-state index in [-0.39, 0.29) is 20.4 Å². The molecule has 0 saturated heterocycles. The molecule has 0 amide bonds. The Labute approximate surface area is 68.9 Å². The van der Waals surface area contributed by atoms with Gasteiger partial charge in [0.1, 0.15) is 0 Å². The van der Waals surface area contributed by atoms with Crippen molar-refractivity contribution in [1.29, 1.82) is 0 Å². The maximum absolute atomic E-state index is 5.37. The SMILES string of the molecule is CCC1=[C-]CC(N)=N1.[Re]. The number of nitrogens with zero attached hydrogens (tertiary/aromatic N) is 1. The van der Waals surface area contributed by atoms with Gasteiger partial charge in [-0.25, -0.2) is 0 Å². The van der Waals surface area contributed by atoms with Gasteiger partial charge in [-0.05, 0) is 6.42 Å². The molecule has 0 atom stereocenters. The summed E-state index contributed by atoms with van der Waals surface area (Å²) in [6.45, 7) is 2.05. The minimum atomic E-state index is 0. The molecule has 0 saturated carbocycles. The fraction of sp³-hybridized carbons (Fsp3) is 0.500. The summed E-state index contributed by atoms with van der Waals surface area (Å²) in [5, 5.41) is 0. The molecular weight excluding hydrogens is 286 g/mol. The summed E-state index contributed by atoms with van der Waals surface area (Å²) in [4.78, 5) is 4.01. The molecule has 3 heteroatoms. The second kappa shape index (κ2) is 3.81. The quantitative estimate of drug-likeness (QED) is 0.715. The fourth-order valence-electron chi connectivity index (χ4n) is 0.649. The van der Waals surface area contributed by atoms with E-state index in [4.69, 9.17) is 5.73 Å². The summed E-state index contributed by atoms with van der Waals surface area (Å²) in [6.07, 6.45) is 4.71. The van der Waals surface area contributed by atoms with Crippen LogP contribution in [0.3, 0.4) is 0 Å². The van der Waals surface area contributed by atoms with E-state index in [0.29, 0.717) is 5.84 Å². The van der Waals surface area contributed by atoms with E-state index < -0.39 is 0 Å². The average Bonchev–Trinajstić information content (AvgIpc) is 2.14. The van der Waals surface area contributed by atoms with Crippen molar-refractivity contribution < 1.29 is 20.4 Å². The van der Waals surface area contributed by atoms with Crippen molar-refractivity contribution in [2.75, 3.05) is 0 Å². The first kappa shape index (κ1) is 8.87. The summed E-state index contributed by atoms with van der Waals surface area (Å²) in [5.41, 5.74) is 6.37. The van der Waals surface area contributed by atoms with Crippen LogP contribution in [-0.4, -0.2) is 5.84 Å². The molecule has 1 heterocycles. The average molecular weight is 295 g/mol. The second-order valence-electron chi connectivity index (χ2n) is 1.76. The van der Waals surface area contributed by atoms with Crippen molar-refractivity contribution in [3.63, 3.8) is 0 Å². The van der Waals surface area contributed by atoms with Gasteiger partial charge in [-0.3, -0.25) is 4.99 Å². The molecule has 51 valence electrons. The molecule has 1 radical (unpaired) electrons. The zero-order valence-corrected chi connectivity index (χ0v) is 8.03. The van der Waals surface area contributed by atoms with Crippen molar-refractivity contribution in [2.45, 2.75) is 19.8 Å². The van der Waals surface area contributed by atoms with E-state index in [1.54, 1.807) is 0 Å². The molecule has 0 fully saturated rings. The molecule has 9 heavy (non-hydrogen) atoms. The van der Waals surface area contributed by atoms with Gasteiger partial charge in [0.25, 0.3) is 0 Å². The molecule has 1 rings (SSSR count). The minimum Gasteiger partial charge on any atom is -0.466 e. The zero-order chi connectivity index (χ0) is 5.98. The third-order valence-electron chi connectivity index (χ3n) is 1.09. The van der Waals surface area contributed by atoms with Crippen molar-refractivity contribution in [1.82, 2.24) is 0 Å². The summed E-state index contributed by atoms with van der Waals surface area (Å²) in [7, 11) is 0. The van der Waals surface area contributed by atoms with Gasteiger partial charge >= 0.3 is 0 Å². The van der Waals surface area contributed by atoms with Crippen molar-refractivity contribution in [3.8, 4) is 0 Å². The van der Waals surface area contributed by atoms with Crippen LogP contribution in [0, 0.1) is 6.08 Å². The Morgan fingerprint density at radius 3 is 2.67 bits per heavy atom. The van der Waals surface area contributed by atoms with Gasteiger partial charge in [0.05, 0.1) is 5.84 Å². The minimum absolute atomic E-state index is 0. The molecule has 0 unspecified atom stereocenters. The molecule has 0 spiro atoms. The summed E-state index contributed by atoms with van der Waals surface area (Å²) < 4.78 is 0. The molecule has 0 aliphatic carbocycles. The monoisotopic (exact) mass is 296 g/mol. The third-order valence-corrected chi connectivity index (χ3v) is 1.09. The Kier molecular flexibility index (Phi) is 3.76. The van der Waals surface area contributed by atoms with Crippen LogP contribution in [0.25, 0.3) is 0 Å². The van der Waals surface area contributed by atoms with Gasteiger partial charge in [-0.2, -0.15) is 0 Å². The molecule has 0 aromatic rings. The van der Waals surface area contributed by atoms with Crippen LogP contribution in [0.4, 0.5) is 0 Å². The molecule has 1 aliphatic rings. The van der Waals surface area contributed by atoms with Gasteiger partial charge < -0.3 is 11.8 Å². The Morgan fingerprint density at radius 1 is 1.78 bits per heavy atom. The van der Waals surface area contributed by atoms with Crippen LogP contribution < -0.4 is 5.73 Å². The predicted molar refractivity (Wildman–Crippen MR) is 33.3 cm³/mol. The number of hydrogen-bond acceptors (Lipinski definition) is 2. The number of hydrogen-bond donors (Lipinski definition) is 1. The maximum Gasteiger partial charge on any atom is 0.0665 e.